The first-order valence-electron chi connectivity index (χ1n) is 20.0. The van der Waals surface area contributed by atoms with Gasteiger partial charge in [0, 0.05) is 30.4 Å². The summed E-state index contributed by atoms with van der Waals surface area (Å²) in [5.74, 6) is 1.87. The highest BCUT2D eigenvalue weighted by Crippen LogP contribution is 2.26. The second-order valence-electron chi connectivity index (χ2n) is 14.9. The van der Waals surface area contributed by atoms with Crippen molar-refractivity contribution in [1.82, 2.24) is 25.5 Å². The zero-order valence-electron chi connectivity index (χ0n) is 36.6. The minimum absolute atomic E-state index is 0.00966. The number of carboxylic acids is 1. The first kappa shape index (κ1) is 52.4. The van der Waals surface area contributed by atoms with Crippen LogP contribution in [0, 0.1) is 17.3 Å². The topological polar surface area (TPSA) is 315 Å². The number of hydrogen-bond donors (Lipinski definition) is 7. The Kier molecular flexibility index (Phi) is 21.0. The van der Waals surface area contributed by atoms with E-state index in [1.807, 2.05) is 0 Å². The molecule has 22 nitrogen and oxygen atoms in total. The summed E-state index contributed by atoms with van der Waals surface area (Å²) in [5.41, 5.74) is 4.32. The summed E-state index contributed by atoms with van der Waals surface area (Å²) in [6.07, 6.45) is 0.457. The minimum Gasteiger partial charge on any atom is -0.489 e. The third-order valence-corrected chi connectivity index (χ3v) is 8.84. The molecule has 0 radical (unpaired) electrons. The highest BCUT2D eigenvalue weighted by molar-refractivity contribution is 6.02. The van der Waals surface area contributed by atoms with E-state index in [1.54, 1.807) is 39.0 Å². The molecule has 8 N–H and O–H groups in total. The van der Waals surface area contributed by atoms with Crippen LogP contribution in [0.3, 0.4) is 0 Å². The number of aliphatic hydroxyl groups is 1. The Morgan fingerprint density at radius 2 is 1.52 bits per heavy atom. The maximum absolute atomic E-state index is 12.7. The van der Waals surface area contributed by atoms with Crippen LogP contribution in [-0.2, 0) is 33.3 Å². The number of nitrogens with one attached hydrogen (secondary N) is 4. The van der Waals surface area contributed by atoms with Gasteiger partial charge in [0.15, 0.2) is 0 Å². The Bertz CT molecular complexity index is 2290. The number of methoxy groups -OCH3 is 2. The number of carboxylic acid groups (broad SMARTS) is 1. The van der Waals surface area contributed by atoms with Crippen LogP contribution in [0.25, 0.3) is 0 Å². The fraction of sp³-hybridized carbons (Fsp3) is 0.442. The fourth-order valence-corrected chi connectivity index (χ4v) is 5.31. The summed E-state index contributed by atoms with van der Waals surface area (Å²) in [6, 6.07) is 10.1. The molecule has 4 rings (SSSR count). The molecule has 3 amide bonds. The summed E-state index contributed by atoms with van der Waals surface area (Å²) in [6.45, 7) is 4.52. The fourth-order valence-electron chi connectivity index (χ4n) is 5.31. The normalized spacial score (nSPS) is 14.6. The van der Waals surface area contributed by atoms with Crippen molar-refractivity contribution in [3.63, 3.8) is 0 Å². The number of carbonyl (C=O) groups excluding carboxylic acids is 5. The molecule has 2 aromatic carbocycles. The monoisotopic (exact) mass is 910 g/mol. The first-order chi connectivity index (χ1) is 30.9. The number of nitrogens with two attached hydrogens (primary N) is 1. The van der Waals surface area contributed by atoms with Gasteiger partial charge < -0.3 is 60.3 Å². The Morgan fingerprint density at radius 1 is 0.908 bits per heavy atom. The third-order valence-electron chi connectivity index (χ3n) is 8.84. The number of amides is 3. The van der Waals surface area contributed by atoms with Gasteiger partial charge in [0.1, 0.15) is 37.0 Å². The minimum atomic E-state index is -0.861. The maximum atomic E-state index is 12.7. The lowest BCUT2D eigenvalue weighted by Gasteiger charge is -2.15. The number of H-pyrrole nitrogens is 1. The highest BCUT2D eigenvalue weighted by Gasteiger charge is 2.27. The van der Waals surface area contributed by atoms with Gasteiger partial charge in [0.05, 0.1) is 63.2 Å². The van der Waals surface area contributed by atoms with Crippen LogP contribution >= 0.6 is 0 Å². The summed E-state index contributed by atoms with van der Waals surface area (Å²) < 4.78 is 32.6. The van der Waals surface area contributed by atoms with Crippen LogP contribution in [0.1, 0.15) is 86.8 Å². The number of esters is 2. The molecule has 3 atom stereocenters. The lowest BCUT2D eigenvalue weighted by atomic mass is 9.98. The number of aromatic amines is 1. The van der Waals surface area contributed by atoms with Gasteiger partial charge in [-0.2, -0.15) is 0 Å². The van der Waals surface area contributed by atoms with E-state index in [1.165, 1.54) is 49.2 Å². The lowest BCUT2D eigenvalue weighted by molar-refractivity contribution is -0.145. The van der Waals surface area contributed by atoms with Crippen LogP contribution in [0.15, 0.2) is 58.3 Å². The number of carbonyl (C=O) groups is 6. The molecule has 65 heavy (non-hydrogen) atoms. The molecule has 0 aliphatic carbocycles. The predicted molar refractivity (Wildman–Crippen MR) is 229 cm³/mol. The van der Waals surface area contributed by atoms with Gasteiger partial charge in [0.2, 0.25) is 5.91 Å². The molecule has 22 heteroatoms. The third kappa shape index (κ3) is 17.7. The standard InChI is InChI=1S/C38H44N6O14.C5H10O2/c1-53-36(50)26-15-25(16-27(17-26)37(51)54-2)34(48)42-12-11-41-33(47)23-5-3-7-28(18-23)57-21-30(39)56-14-13-55-22-31(46)40-10-4-6-24-19-44(38(52)43-35(24)49)32-9-8-29(20-45)58-32;1-5(2,3)4(6)7/h3,5,7,15-19,29-30,32,45H,8-14,20-22,39H2,1-2H3,(H,40,46)(H,41,47)(H,42,48)(H,43,49,52);1-3H3,(H,6,7). The Balaban J connectivity index is 0.00000148. The van der Waals surface area contributed by atoms with Gasteiger partial charge in [-0.15, -0.1) is 0 Å². The van der Waals surface area contributed by atoms with Gasteiger partial charge in [-0.1, -0.05) is 17.9 Å². The average molecular weight is 911 g/mol. The zero-order chi connectivity index (χ0) is 48.1. The van der Waals surface area contributed by atoms with Crippen LogP contribution in [0.4, 0.5) is 0 Å². The molecule has 352 valence electrons. The molecule has 0 bridgehead atoms. The van der Waals surface area contributed by atoms with E-state index in [9.17, 15) is 43.5 Å². The number of rotatable bonds is 19. The second-order valence-corrected chi connectivity index (χ2v) is 14.9. The van der Waals surface area contributed by atoms with Crippen molar-refractivity contribution < 1.29 is 67.4 Å². The summed E-state index contributed by atoms with van der Waals surface area (Å²) in [4.78, 5) is 98.1. The van der Waals surface area contributed by atoms with Crippen LogP contribution in [0.5, 0.6) is 5.75 Å². The number of hydrogen-bond acceptors (Lipinski definition) is 16. The van der Waals surface area contributed by atoms with Gasteiger partial charge in [-0.05, 0) is 70.0 Å². The number of benzene rings is 2. The largest absolute Gasteiger partial charge is 0.489 e. The van der Waals surface area contributed by atoms with Gasteiger partial charge >= 0.3 is 23.6 Å². The molecular formula is C43H54N6O16. The van der Waals surface area contributed by atoms with Gasteiger partial charge in [-0.3, -0.25) is 33.5 Å². The number of aromatic nitrogens is 2. The molecule has 2 heterocycles. The molecule has 0 spiro atoms. The molecule has 1 aliphatic rings. The van der Waals surface area contributed by atoms with Gasteiger partial charge in [0.25, 0.3) is 17.4 Å². The summed E-state index contributed by atoms with van der Waals surface area (Å²) >= 11 is 0. The van der Waals surface area contributed by atoms with Crippen molar-refractivity contribution in [2.75, 3.05) is 66.9 Å². The Labute approximate surface area is 373 Å². The molecule has 1 saturated heterocycles. The predicted octanol–water partition coefficient (Wildman–Crippen LogP) is -0.0787. The molecular weight excluding hydrogens is 856 g/mol. The lowest BCUT2D eigenvalue weighted by Crippen LogP contribution is -2.35. The van der Waals surface area contributed by atoms with E-state index < -0.39 is 64.7 Å². The van der Waals surface area contributed by atoms with Crippen LogP contribution < -0.4 is 37.7 Å². The van der Waals surface area contributed by atoms with Crippen molar-refractivity contribution in [3.05, 3.63) is 97.3 Å². The van der Waals surface area contributed by atoms with E-state index in [0.717, 1.165) is 0 Å². The van der Waals surface area contributed by atoms with Crippen LogP contribution in [-0.4, -0.2) is 135 Å². The van der Waals surface area contributed by atoms with Crippen molar-refractivity contribution in [2.45, 2.75) is 52.2 Å². The van der Waals surface area contributed by atoms with E-state index in [4.69, 9.17) is 29.8 Å². The molecule has 1 fully saturated rings. The first-order valence-corrected chi connectivity index (χ1v) is 20.0. The number of nitrogens with zero attached hydrogens (tertiary/aromatic N) is 1. The number of aliphatic carboxylic acids is 1. The maximum Gasteiger partial charge on any atom is 0.337 e. The molecule has 1 aromatic heterocycles. The summed E-state index contributed by atoms with van der Waals surface area (Å²) in [5, 5.41) is 25.3. The van der Waals surface area contributed by atoms with E-state index in [2.05, 4.69) is 42.2 Å². The summed E-state index contributed by atoms with van der Waals surface area (Å²) in [7, 11) is 2.33. The number of ether oxygens (including phenoxy) is 6. The molecule has 3 unspecified atom stereocenters. The second kappa shape index (κ2) is 26.0. The van der Waals surface area contributed by atoms with Crippen molar-refractivity contribution in [2.24, 2.45) is 11.1 Å². The van der Waals surface area contributed by atoms with E-state index in [-0.39, 0.29) is 86.6 Å². The molecule has 3 aromatic rings. The highest BCUT2D eigenvalue weighted by atomic mass is 16.6. The SMILES string of the molecule is CC(C)(C)C(=O)O.COC(=O)c1cc(C(=O)NCCNC(=O)c2cccc(OCC(N)OCCOCC(=O)NCC#Cc3cn(C4CCC(CO)O4)c(=O)[nH]c3=O)c2)cc(C(=O)OC)c1. The number of aliphatic hydroxyl groups excluding tert-OH is 1. The van der Waals surface area contributed by atoms with Crippen molar-refractivity contribution in [1.29, 1.82) is 0 Å². The zero-order valence-corrected chi connectivity index (χ0v) is 36.6. The van der Waals surface area contributed by atoms with Crippen molar-refractivity contribution in [3.8, 4) is 17.6 Å². The average Bonchev–Trinajstić information content (AvgIpc) is 3.77. The Morgan fingerprint density at radius 3 is 2.11 bits per heavy atom. The molecule has 1 aliphatic heterocycles. The quantitative estimate of drug-likeness (QED) is 0.0358. The Hall–Kier alpha value is -6.90. The van der Waals surface area contributed by atoms with Gasteiger partial charge in [-0.25, -0.2) is 14.4 Å². The smallest absolute Gasteiger partial charge is 0.337 e. The van der Waals surface area contributed by atoms with Crippen LogP contribution in [0.2, 0.25) is 0 Å². The van der Waals surface area contributed by atoms with E-state index in [0.29, 0.717) is 18.6 Å². The van der Waals surface area contributed by atoms with E-state index >= 15 is 0 Å². The van der Waals surface area contributed by atoms with Crippen molar-refractivity contribution >= 4 is 35.6 Å². The molecule has 0 saturated carbocycles.